The molecule has 17 heavy (non-hydrogen) atoms. The molecule has 0 spiro atoms. The molecule has 0 bridgehead atoms. The van der Waals surface area contributed by atoms with Crippen LogP contribution < -0.4 is 4.74 Å². The van der Waals surface area contributed by atoms with Gasteiger partial charge in [-0.1, -0.05) is 0 Å². The van der Waals surface area contributed by atoms with E-state index >= 15 is 0 Å². The molecule has 1 rings (SSSR count). The van der Waals surface area contributed by atoms with Gasteiger partial charge in [-0.15, -0.1) is 24.8 Å². The van der Waals surface area contributed by atoms with E-state index < -0.39 is 29.7 Å². The van der Waals surface area contributed by atoms with Gasteiger partial charge in [-0.2, -0.15) is 0 Å². The van der Waals surface area contributed by atoms with Crippen molar-refractivity contribution in [3.8, 4) is 5.75 Å². The number of hydrogen-bond donors (Lipinski definition) is 1. The van der Waals surface area contributed by atoms with Gasteiger partial charge < -0.3 is 9.84 Å². The Hall–Kier alpha value is -0.770. The molecule has 0 fully saturated rings. The van der Waals surface area contributed by atoms with Crippen LogP contribution in [-0.4, -0.2) is 22.4 Å². The Morgan fingerprint density at radius 2 is 2.18 bits per heavy atom. The maximum Gasteiger partial charge on any atom is 0.573 e. The van der Waals surface area contributed by atoms with Crippen LogP contribution in [0.3, 0.4) is 0 Å². The van der Waals surface area contributed by atoms with Gasteiger partial charge in [0.05, 0.1) is 9.45 Å². The smallest absolute Gasteiger partial charge is 0.476 e. The van der Waals surface area contributed by atoms with Gasteiger partial charge in [0.1, 0.15) is 0 Å². The minimum Gasteiger partial charge on any atom is -0.476 e. The number of hydrogen-bond acceptors (Lipinski definition) is 3. The van der Waals surface area contributed by atoms with E-state index in [1.807, 2.05) is 0 Å². The molecule has 0 aliphatic rings. The maximum atomic E-state index is 12.1. The number of halogens is 5. The molecule has 0 aromatic carbocycles. The lowest BCUT2D eigenvalue weighted by Crippen LogP contribution is -2.20. The minimum absolute atomic E-state index is 0.0283. The minimum atomic E-state index is -4.92. The summed E-state index contributed by atoms with van der Waals surface area (Å²) in [5.74, 6) is -2.54. The fraction of sp³-hybridized carbons (Fsp3) is 0.250. The topological polar surface area (TPSA) is 59.4 Å². The van der Waals surface area contributed by atoms with Crippen molar-refractivity contribution in [1.29, 1.82) is 0 Å². The molecule has 94 valence electrons. The molecule has 0 unspecified atom stereocenters. The number of rotatable bonds is 3. The molecule has 0 radical (unpaired) electrons. The van der Waals surface area contributed by atoms with Crippen LogP contribution in [0.2, 0.25) is 0 Å². The molecule has 1 aromatic heterocycles. The second-order valence-electron chi connectivity index (χ2n) is 2.75. The Kier molecular flexibility index (Phi) is 4.42. The van der Waals surface area contributed by atoms with E-state index in [2.05, 4.69) is 9.72 Å². The fourth-order valence-electron chi connectivity index (χ4n) is 1.04. The molecule has 0 amide bonds. The molecule has 1 N–H and O–H groups in total. The van der Waals surface area contributed by atoms with Crippen molar-refractivity contribution in [3.05, 3.63) is 21.0 Å². The highest BCUT2D eigenvalue weighted by atomic mass is 127. The van der Waals surface area contributed by atoms with Gasteiger partial charge >= 0.3 is 12.3 Å². The van der Waals surface area contributed by atoms with E-state index in [4.69, 9.17) is 16.7 Å². The summed E-state index contributed by atoms with van der Waals surface area (Å²) in [4.78, 5) is 14.2. The Labute approximate surface area is 112 Å². The number of aromatic carboxylic acids is 1. The summed E-state index contributed by atoms with van der Waals surface area (Å²) >= 11 is 6.98. The zero-order valence-electron chi connectivity index (χ0n) is 7.89. The molecule has 9 heteroatoms. The molecule has 0 aliphatic heterocycles. The van der Waals surface area contributed by atoms with Crippen molar-refractivity contribution in [2.75, 3.05) is 0 Å². The van der Waals surface area contributed by atoms with Crippen LogP contribution >= 0.6 is 34.2 Å². The van der Waals surface area contributed by atoms with Gasteiger partial charge in [0.2, 0.25) is 0 Å². The predicted octanol–water partition coefficient (Wildman–Crippen LogP) is 3.02. The first-order valence-corrected chi connectivity index (χ1v) is 5.60. The number of carboxylic acids is 1. The van der Waals surface area contributed by atoms with Gasteiger partial charge in [0.25, 0.3) is 0 Å². The third kappa shape index (κ3) is 3.60. The molecule has 0 saturated carbocycles. The first-order chi connectivity index (χ1) is 7.76. The SMILES string of the molecule is O=C(O)c1ncc(I)c(OC(F)(F)F)c1CCl. The third-order valence-electron chi connectivity index (χ3n) is 1.64. The summed E-state index contributed by atoms with van der Waals surface area (Å²) in [5, 5.41) is 8.75. The van der Waals surface area contributed by atoms with Crippen LogP contribution in [0.15, 0.2) is 6.20 Å². The predicted molar refractivity (Wildman–Crippen MR) is 60.2 cm³/mol. The standard InChI is InChI=1S/C8H4ClF3INO3/c9-1-3-5(7(15)16)14-2-4(13)6(3)17-8(10,11)12/h2H,1H2,(H,15,16). The summed E-state index contributed by atoms with van der Waals surface area (Å²) in [7, 11) is 0. The number of alkyl halides is 4. The Morgan fingerprint density at radius 3 is 2.59 bits per heavy atom. The Morgan fingerprint density at radius 1 is 1.59 bits per heavy atom. The molecule has 0 atom stereocenters. The summed E-state index contributed by atoms with van der Waals surface area (Å²) < 4.78 is 40.2. The van der Waals surface area contributed by atoms with Crippen LogP contribution in [0.25, 0.3) is 0 Å². The van der Waals surface area contributed by atoms with Crippen molar-refractivity contribution >= 4 is 40.2 Å². The quantitative estimate of drug-likeness (QED) is 0.646. The second kappa shape index (κ2) is 5.25. The summed E-state index contributed by atoms with van der Waals surface area (Å²) in [5.41, 5.74) is -0.858. The van der Waals surface area contributed by atoms with E-state index in [-0.39, 0.29) is 9.13 Å². The Balaban J connectivity index is 3.35. The zero-order valence-corrected chi connectivity index (χ0v) is 10.8. The molecular formula is C8H4ClF3INO3. The fourth-order valence-corrected chi connectivity index (χ4v) is 1.87. The number of carbonyl (C=O) groups is 1. The monoisotopic (exact) mass is 381 g/mol. The lowest BCUT2D eigenvalue weighted by atomic mass is 10.2. The largest absolute Gasteiger partial charge is 0.573 e. The third-order valence-corrected chi connectivity index (χ3v) is 2.67. The van der Waals surface area contributed by atoms with Crippen molar-refractivity contribution in [3.63, 3.8) is 0 Å². The van der Waals surface area contributed by atoms with Crippen LogP contribution in [-0.2, 0) is 5.88 Å². The van der Waals surface area contributed by atoms with E-state index in [9.17, 15) is 18.0 Å². The van der Waals surface area contributed by atoms with Crippen LogP contribution in [0.1, 0.15) is 16.1 Å². The van der Waals surface area contributed by atoms with Crippen molar-refractivity contribution in [2.45, 2.75) is 12.2 Å². The highest BCUT2D eigenvalue weighted by Crippen LogP contribution is 2.33. The second-order valence-corrected chi connectivity index (χ2v) is 4.18. The van der Waals surface area contributed by atoms with E-state index in [0.29, 0.717) is 0 Å². The summed E-state index contributed by atoms with van der Waals surface area (Å²) in [6.07, 6.45) is -3.95. The van der Waals surface area contributed by atoms with Gasteiger partial charge in [-0.25, -0.2) is 9.78 Å². The average Bonchev–Trinajstić information content (AvgIpc) is 2.18. The lowest BCUT2D eigenvalue weighted by molar-refractivity contribution is -0.275. The van der Waals surface area contributed by atoms with Gasteiger partial charge in [0, 0.05) is 11.8 Å². The number of nitrogens with zero attached hydrogens (tertiary/aromatic N) is 1. The molecule has 0 aliphatic carbocycles. The number of ether oxygens (including phenoxy) is 1. The van der Waals surface area contributed by atoms with Crippen molar-refractivity contribution < 1.29 is 27.8 Å². The molecular weight excluding hydrogens is 377 g/mol. The van der Waals surface area contributed by atoms with Crippen molar-refractivity contribution in [1.82, 2.24) is 4.98 Å². The first kappa shape index (κ1) is 14.3. The lowest BCUT2D eigenvalue weighted by Gasteiger charge is -2.14. The highest BCUT2D eigenvalue weighted by Gasteiger charge is 2.34. The average molecular weight is 381 g/mol. The number of aromatic nitrogens is 1. The maximum absolute atomic E-state index is 12.1. The van der Waals surface area contributed by atoms with Gasteiger partial charge in [-0.05, 0) is 22.6 Å². The van der Waals surface area contributed by atoms with Crippen molar-refractivity contribution in [2.24, 2.45) is 0 Å². The van der Waals surface area contributed by atoms with Crippen LogP contribution in [0, 0.1) is 3.57 Å². The molecule has 0 saturated heterocycles. The van der Waals surface area contributed by atoms with Gasteiger partial charge in [0.15, 0.2) is 11.4 Å². The molecule has 1 aromatic rings. The first-order valence-electron chi connectivity index (χ1n) is 3.98. The summed E-state index contributed by atoms with van der Waals surface area (Å²) in [6, 6.07) is 0. The van der Waals surface area contributed by atoms with Crippen LogP contribution in [0.4, 0.5) is 13.2 Å². The summed E-state index contributed by atoms with van der Waals surface area (Å²) in [6.45, 7) is 0. The molecule has 4 nitrogen and oxygen atoms in total. The van der Waals surface area contributed by atoms with Gasteiger partial charge in [-0.3, -0.25) is 0 Å². The van der Waals surface area contributed by atoms with E-state index in [1.54, 1.807) is 22.6 Å². The molecule has 1 heterocycles. The van der Waals surface area contributed by atoms with E-state index in [0.717, 1.165) is 6.20 Å². The normalized spacial score (nSPS) is 11.4. The van der Waals surface area contributed by atoms with Crippen LogP contribution in [0.5, 0.6) is 5.75 Å². The highest BCUT2D eigenvalue weighted by molar-refractivity contribution is 14.1. The zero-order chi connectivity index (χ0) is 13.2. The Bertz CT molecular complexity index is 452. The number of carboxylic acid groups (broad SMARTS) is 1. The van der Waals surface area contributed by atoms with E-state index in [1.165, 1.54) is 0 Å². The number of pyridine rings is 1.